The van der Waals surface area contributed by atoms with Gasteiger partial charge in [-0.3, -0.25) is 4.79 Å². The molecule has 1 aliphatic heterocycles. The fraction of sp³-hybridized carbons (Fsp3) is 0.909. The summed E-state index contributed by atoms with van der Waals surface area (Å²) in [6.45, 7) is 1.68. The number of carbonyl (C=O) groups is 1. The van der Waals surface area contributed by atoms with Crippen molar-refractivity contribution in [3.63, 3.8) is 0 Å². The van der Waals surface area contributed by atoms with Gasteiger partial charge in [0.25, 0.3) is 0 Å². The van der Waals surface area contributed by atoms with Crippen molar-refractivity contribution in [1.82, 2.24) is 4.90 Å². The summed E-state index contributed by atoms with van der Waals surface area (Å²) in [5.41, 5.74) is 8.29. The number of carbonyl (C=O) groups excluding carboxylic acids is 1. The summed E-state index contributed by atoms with van der Waals surface area (Å²) < 4.78 is 16.0. The third-order valence-corrected chi connectivity index (χ3v) is 6.37. The third kappa shape index (κ3) is 4.46. The van der Waals surface area contributed by atoms with Gasteiger partial charge >= 0.3 is 8.80 Å². The van der Waals surface area contributed by atoms with Crippen molar-refractivity contribution in [2.45, 2.75) is 18.9 Å². The summed E-state index contributed by atoms with van der Waals surface area (Å²) in [5.74, 6) is 0.246. The van der Waals surface area contributed by atoms with Crippen LogP contribution in [0, 0.1) is 5.92 Å². The van der Waals surface area contributed by atoms with Crippen LogP contribution in [0.1, 0.15) is 12.8 Å². The Hall–Kier alpha value is -1.12. The normalized spacial score (nSPS) is 19.2. The van der Waals surface area contributed by atoms with E-state index in [9.17, 15) is 4.79 Å². The number of hydrogen-bond acceptors (Lipinski definition) is 5. The molecule has 20 heavy (non-hydrogen) atoms. The van der Waals surface area contributed by atoms with Crippen LogP contribution in [0.25, 0.3) is 10.4 Å². The van der Waals surface area contributed by atoms with Crippen LogP contribution in [0.3, 0.4) is 0 Å². The van der Waals surface area contributed by atoms with Gasteiger partial charge in [0.2, 0.25) is 5.91 Å². The Labute approximate surface area is 120 Å². The summed E-state index contributed by atoms with van der Waals surface area (Å²) in [5, 5.41) is 3.53. The molecule has 0 saturated carbocycles. The van der Waals surface area contributed by atoms with Gasteiger partial charge in [-0.2, -0.15) is 0 Å². The summed E-state index contributed by atoms with van der Waals surface area (Å²) in [4.78, 5) is 16.4. The summed E-state index contributed by atoms with van der Waals surface area (Å²) in [7, 11) is 2.18. The van der Waals surface area contributed by atoms with E-state index in [-0.39, 0.29) is 11.8 Å². The minimum Gasteiger partial charge on any atom is -0.377 e. The second-order valence-corrected chi connectivity index (χ2v) is 7.81. The number of likely N-dealkylation sites (tertiary alicyclic amines) is 1. The van der Waals surface area contributed by atoms with Crippen LogP contribution in [-0.4, -0.2) is 60.6 Å². The van der Waals surface area contributed by atoms with Crippen molar-refractivity contribution in [3.8, 4) is 0 Å². The Kier molecular flexibility index (Phi) is 6.96. The molecule has 0 spiro atoms. The lowest BCUT2D eigenvalue weighted by molar-refractivity contribution is -0.127. The molecule has 0 aromatic rings. The van der Waals surface area contributed by atoms with Gasteiger partial charge in [0, 0.05) is 58.3 Å². The van der Waals surface area contributed by atoms with Crippen molar-refractivity contribution < 1.29 is 18.1 Å². The first-order chi connectivity index (χ1) is 9.60. The SMILES string of the molecule is CO[Si](CCCN1CC(CN=[N+]=[N-])CC1=O)(OC)OC. The highest BCUT2D eigenvalue weighted by Gasteiger charge is 2.37. The summed E-state index contributed by atoms with van der Waals surface area (Å²) >= 11 is 0. The van der Waals surface area contributed by atoms with Crippen LogP contribution in [-0.2, 0) is 18.1 Å². The molecule has 1 aliphatic rings. The van der Waals surface area contributed by atoms with Gasteiger partial charge in [-0.15, -0.1) is 0 Å². The van der Waals surface area contributed by atoms with Crippen LogP contribution in [0.15, 0.2) is 5.11 Å². The molecule has 9 heteroatoms. The maximum absolute atomic E-state index is 11.8. The zero-order chi connectivity index (χ0) is 15.0. The molecule has 1 atom stereocenters. The number of rotatable bonds is 9. The van der Waals surface area contributed by atoms with Crippen molar-refractivity contribution in [2.24, 2.45) is 11.0 Å². The summed E-state index contributed by atoms with van der Waals surface area (Å²) in [6, 6.07) is 0.668. The van der Waals surface area contributed by atoms with Gasteiger partial charge in [-0.1, -0.05) is 5.11 Å². The van der Waals surface area contributed by atoms with Crippen LogP contribution < -0.4 is 0 Å². The summed E-state index contributed by atoms with van der Waals surface area (Å²) in [6.07, 6.45) is 1.22. The van der Waals surface area contributed by atoms with Crippen molar-refractivity contribution >= 4 is 14.7 Å². The largest absolute Gasteiger partial charge is 0.500 e. The molecule has 8 nitrogen and oxygen atoms in total. The molecule has 114 valence electrons. The Morgan fingerprint density at radius 1 is 1.40 bits per heavy atom. The lowest BCUT2D eigenvalue weighted by atomic mass is 10.1. The molecule has 1 rings (SSSR count). The van der Waals surface area contributed by atoms with Crippen molar-refractivity contribution in [1.29, 1.82) is 0 Å². The molecule has 1 amide bonds. The molecule has 1 heterocycles. The van der Waals surface area contributed by atoms with Crippen LogP contribution in [0.5, 0.6) is 0 Å². The minimum atomic E-state index is -2.55. The molecule has 1 unspecified atom stereocenters. The van der Waals surface area contributed by atoms with E-state index in [0.717, 1.165) is 6.42 Å². The number of nitrogens with zero attached hydrogens (tertiary/aromatic N) is 4. The average molecular weight is 302 g/mol. The van der Waals surface area contributed by atoms with Crippen LogP contribution in [0.2, 0.25) is 6.04 Å². The zero-order valence-electron chi connectivity index (χ0n) is 12.2. The maximum atomic E-state index is 11.8. The molecule has 0 aliphatic carbocycles. The van der Waals surface area contributed by atoms with Gasteiger partial charge in [0.1, 0.15) is 0 Å². The van der Waals surface area contributed by atoms with E-state index in [1.165, 1.54) is 0 Å². The fourth-order valence-corrected chi connectivity index (χ4v) is 4.09. The Morgan fingerprint density at radius 3 is 2.60 bits per heavy atom. The molecule has 0 bridgehead atoms. The average Bonchev–Trinajstić information content (AvgIpc) is 2.82. The highest BCUT2D eigenvalue weighted by Crippen LogP contribution is 2.21. The van der Waals surface area contributed by atoms with E-state index < -0.39 is 8.80 Å². The molecule has 1 saturated heterocycles. The molecular formula is C11H22N4O4Si. The first kappa shape index (κ1) is 16.9. The second kappa shape index (κ2) is 8.23. The van der Waals surface area contributed by atoms with Crippen LogP contribution in [0.4, 0.5) is 0 Å². The monoisotopic (exact) mass is 302 g/mol. The van der Waals surface area contributed by atoms with Gasteiger partial charge in [0.05, 0.1) is 0 Å². The maximum Gasteiger partial charge on any atom is 0.500 e. The van der Waals surface area contributed by atoms with Crippen LogP contribution >= 0.6 is 0 Å². The lowest BCUT2D eigenvalue weighted by Crippen LogP contribution is -2.43. The highest BCUT2D eigenvalue weighted by molar-refractivity contribution is 6.60. The van der Waals surface area contributed by atoms with E-state index in [0.29, 0.717) is 32.1 Å². The van der Waals surface area contributed by atoms with Gasteiger partial charge in [-0.05, 0) is 17.9 Å². The van der Waals surface area contributed by atoms with Crippen molar-refractivity contribution in [2.75, 3.05) is 41.0 Å². The number of hydrogen-bond donors (Lipinski definition) is 0. The Balaban J connectivity index is 2.38. The van der Waals surface area contributed by atoms with Gasteiger partial charge < -0.3 is 18.2 Å². The Bertz CT molecular complexity index is 363. The van der Waals surface area contributed by atoms with Gasteiger partial charge in [0.15, 0.2) is 0 Å². The van der Waals surface area contributed by atoms with E-state index in [4.69, 9.17) is 18.8 Å². The molecular weight excluding hydrogens is 280 g/mol. The van der Waals surface area contributed by atoms with E-state index >= 15 is 0 Å². The smallest absolute Gasteiger partial charge is 0.377 e. The quantitative estimate of drug-likeness (QED) is 0.278. The first-order valence-corrected chi connectivity index (χ1v) is 8.48. The standard InChI is InChI=1S/C11H22N4O4Si/c1-17-20(18-2,19-3)6-4-5-15-9-10(7-11(15)16)8-13-14-12/h10H,4-9H2,1-3H3. The number of amides is 1. The topological polar surface area (TPSA) is 96.8 Å². The van der Waals surface area contributed by atoms with E-state index in [1.807, 2.05) is 0 Å². The third-order valence-electron chi connectivity index (χ3n) is 3.54. The molecule has 0 aromatic carbocycles. The molecule has 0 aromatic heterocycles. The molecule has 0 N–H and O–H groups in total. The Morgan fingerprint density at radius 2 is 2.05 bits per heavy atom. The highest BCUT2D eigenvalue weighted by atomic mass is 28.4. The second-order valence-electron chi connectivity index (χ2n) is 4.72. The lowest BCUT2D eigenvalue weighted by Gasteiger charge is -2.25. The van der Waals surface area contributed by atoms with Gasteiger partial charge in [-0.25, -0.2) is 0 Å². The number of azide groups is 1. The van der Waals surface area contributed by atoms with E-state index in [2.05, 4.69) is 10.0 Å². The predicted molar refractivity (Wildman–Crippen MR) is 74.9 cm³/mol. The molecule has 1 fully saturated rings. The molecule has 0 radical (unpaired) electrons. The first-order valence-electron chi connectivity index (χ1n) is 6.55. The zero-order valence-corrected chi connectivity index (χ0v) is 13.2. The fourth-order valence-electron chi connectivity index (χ4n) is 2.39. The van der Waals surface area contributed by atoms with Crippen molar-refractivity contribution in [3.05, 3.63) is 10.4 Å². The predicted octanol–water partition coefficient (Wildman–Crippen LogP) is 1.41. The minimum absolute atomic E-state index is 0.114. The van der Waals surface area contributed by atoms with E-state index in [1.54, 1.807) is 26.2 Å².